The van der Waals surface area contributed by atoms with E-state index in [4.69, 9.17) is 9.47 Å². The highest BCUT2D eigenvalue weighted by atomic mass is 16.7. The molecule has 1 saturated heterocycles. The summed E-state index contributed by atoms with van der Waals surface area (Å²) in [5.74, 6) is -0.400. The molecule has 1 atom stereocenters. The first kappa shape index (κ1) is 10.7. The molecule has 1 rings (SSSR count). The van der Waals surface area contributed by atoms with Gasteiger partial charge in [-0.05, 0) is 40.0 Å². The minimum absolute atomic E-state index is 0.0908. The highest BCUT2D eigenvalue weighted by molar-refractivity contribution is 4.84. The molecule has 0 bridgehead atoms. The quantitative estimate of drug-likeness (QED) is 0.494. The zero-order chi connectivity index (χ0) is 9.95. The standard InChI is InChI=1S/C11H20O2/c1-5-6-7-8-11(4)9-12-10(2,3)13-11/h5H,1,6-9H2,2-4H3. The molecule has 13 heavy (non-hydrogen) atoms. The Morgan fingerprint density at radius 1 is 1.38 bits per heavy atom. The van der Waals surface area contributed by atoms with E-state index in [-0.39, 0.29) is 5.60 Å². The Morgan fingerprint density at radius 3 is 2.54 bits per heavy atom. The molecule has 1 aliphatic heterocycles. The van der Waals surface area contributed by atoms with Gasteiger partial charge in [0.1, 0.15) is 0 Å². The first-order valence-corrected chi connectivity index (χ1v) is 4.92. The fraction of sp³-hybridized carbons (Fsp3) is 0.818. The van der Waals surface area contributed by atoms with Crippen LogP contribution in [0.4, 0.5) is 0 Å². The van der Waals surface area contributed by atoms with E-state index in [1.807, 2.05) is 19.9 Å². The van der Waals surface area contributed by atoms with Crippen LogP contribution in [0.5, 0.6) is 0 Å². The van der Waals surface area contributed by atoms with Crippen molar-refractivity contribution in [3.63, 3.8) is 0 Å². The second-order valence-electron chi connectivity index (χ2n) is 4.42. The van der Waals surface area contributed by atoms with Gasteiger partial charge in [0.25, 0.3) is 0 Å². The van der Waals surface area contributed by atoms with Crippen molar-refractivity contribution >= 4 is 0 Å². The fourth-order valence-corrected chi connectivity index (χ4v) is 1.72. The minimum Gasteiger partial charge on any atom is -0.348 e. The molecular weight excluding hydrogens is 164 g/mol. The van der Waals surface area contributed by atoms with Crippen LogP contribution in [0.2, 0.25) is 0 Å². The number of ether oxygens (including phenoxy) is 2. The van der Waals surface area contributed by atoms with Crippen molar-refractivity contribution in [3.05, 3.63) is 12.7 Å². The zero-order valence-corrected chi connectivity index (χ0v) is 8.93. The normalized spacial score (nSPS) is 31.9. The third kappa shape index (κ3) is 3.12. The zero-order valence-electron chi connectivity index (χ0n) is 8.93. The molecule has 0 aromatic rings. The van der Waals surface area contributed by atoms with Crippen molar-refractivity contribution in [2.45, 2.75) is 51.4 Å². The Bertz CT molecular complexity index is 187. The van der Waals surface area contributed by atoms with Crippen LogP contribution in [0.3, 0.4) is 0 Å². The summed E-state index contributed by atoms with van der Waals surface area (Å²) in [5.41, 5.74) is -0.0908. The summed E-state index contributed by atoms with van der Waals surface area (Å²) in [5, 5.41) is 0. The maximum Gasteiger partial charge on any atom is 0.163 e. The molecule has 1 heterocycles. The van der Waals surface area contributed by atoms with E-state index >= 15 is 0 Å². The lowest BCUT2D eigenvalue weighted by atomic mass is 10.0. The summed E-state index contributed by atoms with van der Waals surface area (Å²) in [6.45, 7) is 10.5. The molecule has 2 heteroatoms. The lowest BCUT2D eigenvalue weighted by Crippen LogP contribution is -2.30. The van der Waals surface area contributed by atoms with Crippen molar-refractivity contribution in [2.75, 3.05) is 6.61 Å². The lowest BCUT2D eigenvalue weighted by Gasteiger charge is -2.24. The molecule has 0 N–H and O–H groups in total. The van der Waals surface area contributed by atoms with Crippen LogP contribution < -0.4 is 0 Å². The molecule has 0 aromatic carbocycles. The number of allylic oxidation sites excluding steroid dienone is 1. The topological polar surface area (TPSA) is 18.5 Å². The van der Waals surface area contributed by atoms with Gasteiger partial charge >= 0.3 is 0 Å². The summed E-state index contributed by atoms with van der Waals surface area (Å²) in [7, 11) is 0. The SMILES string of the molecule is C=CCCCC1(C)COC(C)(C)O1. The van der Waals surface area contributed by atoms with Gasteiger partial charge in [0.2, 0.25) is 0 Å². The maximum atomic E-state index is 5.83. The van der Waals surface area contributed by atoms with E-state index in [9.17, 15) is 0 Å². The minimum atomic E-state index is -0.400. The molecule has 1 fully saturated rings. The lowest BCUT2D eigenvalue weighted by molar-refractivity contribution is -0.158. The third-order valence-corrected chi connectivity index (χ3v) is 2.33. The molecular formula is C11H20O2. The van der Waals surface area contributed by atoms with E-state index in [0.29, 0.717) is 6.61 Å². The largest absolute Gasteiger partial charge is 0.348 e. The number of hydrogen-bond donors (Lipinski definition) is 0. The van der Waals surface area contributed by atoms with Crippen LogP contribution in [0.25, 0.3) is 0 Å². The summed E-state index contributed by atoms with van der Waals surface area (Å²) in [6.07, 6.45) is 5.17. The van der Waals surface area contributed by atoms with Gasteiger partial charge in [-0.15, -0.1) is 6.58 Å². The third-order valence-electron chi connectivity index (χ3n) is 2.33. The Hall–Kier alpha value is -0.340. The van der Waals surface area contributed by atoms with Crippen LogP contribution >= 0.6 is 0 Å². The van der Waals surface area contributed by atoms with Gasteiger partial charge in [0.15, 0.2) is 5.79 Å². The Kier molecular flexibility index (Phi) is 3.14. The van der Waals surface area contributed by atoms with Gasteiger partial charge in [-0.2, -0.15) is 0 Å². The van der Waals surface area contributed by atoms with Gasteiger partial charge in [-0.25, -0.2) is 0 Å². The van der Waals surface area contributed by atoms with Crippen LogP contribution in [-0.2, 0) is 9.47 Å². The van der Waals surface area contributed by atoms with Crippen molar-refractivity contribution in [1.29, 1.82) is 0 Å². The second kappa shape index (κ2) is 3.81. The van der Waals surface area contributed by atoms with Crippen molar-refractivity contribution in [3.8, 4) is 0 Å². The summed E-state index contributed by atoms with van der Waals surface area (Å²) < 4.78 is 11.4. The van der Waals surface area contributed by atoms with E-state index < -0.39 is 5.79 Å². The van der Waals surface area contributed by atoms with Gasteiger partial charge in [-0.1, -0.05) is 6.08 Å². The van der Waals surface area contributed by atoms with Gasteiger partial charge < -0.3 is 9.47 Å². The Morgan fingerprint density at radius 2 is 2.08 bits per heavy atom. The summed E-state index contributed by atoms with van der Waals surface area (Å²) in [4.78, 5) is 0. The molecule has 1 unspecified atom stereocenters. The number of rotatable bonds is 4. The van der Waals surface area contributed by atoms with E-state index in [0.717, 1.165) is 19.3 Å². The van der Waals surface area contributed by atoms with Crippen LogP contribution in [0.1, 0.15) is 40.0 Å². The van der Waals surface area contributed by atoms with Gasteiger partial charge in [0.05, 0.1) is 12.2 Å². The Labute approximate surface area is 80.9 Å². The first-order chi connectivity index (χ1) is 5.97. The highest BCUT2D eigenvalue weighted by Gasteiger charge is 2.41. The van der Waals surface area contributed by atoms with Crippen molar-refractivity contribution in [1.82, 2.24) is 0 Å². The van der Waals surface area contributed by atoms with Crippen LogP contribution in [0.15, 0.2) is 12.7 Å². The molecule has 0 spiro atoms. The molecule has 0 radical (unpaired) electrons. The summed E-state index contributed by atoms with van der Waals surface area (Å²) in [6, 6.07) is 0. The van der Waals surface area contributed by atoms with Gasteiger partial charge in [-0.3, -0.25) is 0 Å². The molecule has 0 aromatic heterocycles. The monoisotopic (exact) mass is 184 g/mol. The highest BCUT2D eigenvalue weighted by Crippen LogP contribution is 2.33. The van der Waals surface area contributed by atoms with Crippen molar-refractivity contribution < 1.29 is 9.47 Å². The molecule has 1 aliphatic rings. The molecule has 0 aliphatic carbocycles. The first-order valence-electron chi connectivity index (χ1n) is 4.92. The van der Waals surface area contributed by atoms with E-state index in [1.165, 1.54) is 0 Å². The van der Waals surface area contributed by atoms with E-state index in [1.54, 1.807) is 0 Å². The number of hydrogen-bond acceptors (Lipinski definition) is 2. The number of unbranched alkanes of at least 4 members (excludes halogenated alkanes) is 1. The molecule has 76 valence electrons. The van der Waals surface area contributed by atoms with Crippen LogP contribution in [0, 0.1) is 0 Å². The average molecular weight is 184 g/mol. The molecule has 0 saturated carbocycles. The van der Waals surface area contributed by atoms with E-state index in [2.05, 4.69) is 13.5 Å². The molecule has 2 nitrogen and oxygen atoms in total. The average Bonchev–Trinajstić information content (AvgIpc) is 2.27. The Balaban J connectivity index is 2.36. The predicted octanol–water partition coefficient (Wildman–Crippen LogP) is 2.88. The maximum absolute atomic E-state index is 5.83. The van der Waals surface area contributed by atoms with Crippen molar-refractivity contribution in [2.24, 2.45) is 0 Å². The van der Waals surface area contributed by atoms with Crippen LogP contribution in [-0.4, -0.2) is 18.0 Å². The second-order valence-corrected chi connectivity index (χ2v) is 4.42. The fourth-order valence-electron chi connectivity index (χ4n) is 1.72. The van der Waals surface area contributed by atoms with Gasteiger partial charge in [0, 0.05) is 0 Å². The predicted molar refractivity (Wildman–Crippen MR) is 53.6 cm³/mol. The molecule has 0 amide bonds. The smallest absolute Gasteiger partial charge is 0.163 e. The summed E-state index contributed by atoms with van der Waals surface area (Å²) >= 11 is 0.